The summed E-state index contributed by atoms with van der Waals surface area (Å²) in [5, 5.41) is 8.22. The molecule has 2 aromatic rings. The van der Waals surface area contributed by atoms with Crippen molar-refractivity contribution >= 4 is 41.5 Å². The molecule has 1 aromatic carbocycles. The fraction of sp³-hybridized carbons (Fsp3) is 0.294. The van der Waals surface area contributed by atoms with Gasteiger partial charge in [-0.2, -0.15) is 13.2 Å². The molecule has 1 heterocycles. The Bertz CT molecular complexity index is 749. The third-order valence-electron chi connectivity index (χ3n) is 3.31. The number of rotatable bonds is 6. The van der Waals surface area contributed by atoms with Crippen molar-refractivity contribution in [1.82, 2.24) is 10.6 Å². The van der Waals surface area contributed by atoms with Crippen molar-refractivity contribution in [2.45, 2.75) is 19.1 Å². The molecule has 0 fully saturated rings. The average molecular weight is 496 g/mol. The number of anilines is 1. The van der Waals surface area contributed by atoms with E-state index in [9.17, 15) is 18.0 Å². The number of nitrogens with one attached hydrogen (secondary N) is 3. The molecule has 0 bridgehead atoms. The predicted octanol–water partition coefficient (Wildman–Crippen LogP) is 3.77. The zero-order chi connectivity index (χ0) is 19.0. The summed E-state index contributed by atoms with van der Waals surface area (Å²) in [4.78, 5) is 15.8. The highest BCUT2D eigenvalue weighted by Gasteiger charge is 2.26. The number of furan rings is 1. The van der Waals surface area contributed by atoms with Crippen LogP contribution in [0, 0.1) is 0 Å². The first-order valence-electron chi connectivity index (χ1n) is 7.82. The van der Waals surface area contributed by atoms with Gasteiger partial charge in [0.1, 0.15) is 0 Å². The van der Waals surface area contributed by atoms with E-state index in [1.165, 1.54) is 13.3 Å². The van der Waals surface area contributed by atoms with Crippen LogP contribution in [0.5, 0.6) is 0 Å². The molecule has 3 N–H and O–H groups in total. The van der Waals surface area contributed by atoms with Crippen LogP contribution in [0.4, 0.5) is 18.9 Å². The molecule has 1 aromatic heterocycles. The molecule has 0 atom stereocenters. The van der Waals surface area contributed by atoms with Crippen LogP contribution in [-0.2, 0) is 6.54 Å². The number of halogens is 4. The van der Waals surface area contributed by atoms with Crippen molar-refractivity contribution in [3.05, 3.63) is 54.0 Å². The maximum absolute atomic E-state index is 12.2. The molecule has 0 saturated carbocycles. The van der Waals surface area contributed by atoms with E-state index >= 15 is 0 Å². The van der Waals surface area contributed by atoms with Gasteiger partial charge in [0, 0.05) is 25.8 Å². The first kappa shape index (κ1) is 22.8. The van der Waals surface area contributed by atoms with Gasteiger partial charge >= 0.3 is 6.18 Å². The topological polar surface area (TPSA) is 78.7 Å². The molecule has 0 saturated heterocycles. The van der Waals surface area contributed by atoms with Gasteiger partial charge in [-0.1, -0.05) is 12.1 Å². The van der Waals surface area contributed by atoms with Gasteiger partial charge in [-0.05, 0) is 29.8 Å². The predicted molar refractivity (Wildman–Crippen MR) is 107 cm³/mol. The fourth-order valence-corrected chi connectivity index (χ4v) is 2.09. The molecule has 6 nitrogen and oxygen atoms in total. The SMILES string of the molecule is CN=C(NCCC(F)(F)F)NCc1cccc(NC(=O)c2ccco2)c1.I. The van der Waals surface area contributed by atoms with Crippen LogP contribution in [0.2, 0.25) is 0 Å². The molecule has 0 spiro atoms. The van der Waals surface area contributed by atoms with Gasteiger partial charge in [-0.15, -0.1) is 24.0 Å². The van der Waals surface area contributed by atoms with Crippen molar-refractivity contribution in [1.29, 1.82) is 0 Å². The van der Waals surface area contributed by atoms with Gasteiger partial charge in [-0.3, -0.25) is 9.79 Å². The Hall–Kier alpha value is -2.24. The lowest BCUT2D eigenvalue weighted by molar-refractivity contribution is -0.132. The van der Waals surface area contributed by atoms with Crippen LogP contribution in [0.15, 0.2) is 52.1 Å². The molecule has 0 unspecified atom stereocenters. The Morgan fingerprint density at radius 1 is 1.19 bits per heavy atom. The van der Waals surface area contributed by atoms with Crippen molar-refractivity contribution in [3.8, 4) is 0 Å². The Balaban J connectivity index is 0.00000364. The van der Waals surface area contributed by atoms with Crippen LogP contribution in [0.25, 0.3) is 0 Å². The zero-order valence-electron chi connectivity index (χ0n) is 14.5. The summed E-state index contributed by atoms with van der Waals surface area (Å²) >= 11 is 0. The van der Waals surface area contributed by atoms with Gasteiger partial charge in [0.05, 0.1) is 12.7 Å². The van der Waals surface area contributed by atoms with Crippen molar-refractivity contribution in [3.63, 3.8) is 0 Å². The van der Waals surface area contributed by atoms with Crippen LogP contribution in [0.1, 0.15) is 22.5 Å². The third kappa shape index (κ3) is 8.33. The molecule has 0 aliphatic carbocycles. The van der Waals surface area contributed by atoms with E-state index in [-0.39, 0.29) is 48.1 Å². The summed E-state index contributed by atoms with van der Waals surface area (Å²) in [7, 11) is 1.48. The number of hydrogen-bond donors (Lipinski definition) is 3. The second-order valence-corrected chi connectivity index (χ2v) is 5.35. The van der Waals surface area contributed by atoms with Crippen molar-refractivity contribution < 1.29 is 22.4 Å². The summed E-state index contributed by atoms with van der Waals surface area (Å²) in [5.74, 6) is 0.0896. The number of hydrogen-bond acceptors (Lipinski definition) is 3. The molecule has 0 aliphatic rings. The Morgan fingerprint density at radius 2 is 1.96 bits per heavy atom. The van der Waals surface area contributed by atoms with Crippen molar-refractivity contribution in [2.24, 2.45) is 4.99 Å². The van der Waals surface area contributed by atoms with Crippen LogP contribution >= 0.6 is 24.0 Å². The quantitative estimate of drug-likeness (QED) is 0.324. The number of alkyl halides is 3. The van der Waals surface area contributed by atoms with Gasteiger partial charge in [0.15, 0.2) is 11.7 Å². The lowest BCUT2D eigenvalue weighted by Crippen LogP contribution is -2.38. The number of carbonyl (C=O) groups is 1. The lowest BCUT2D eigenvalue weighted by Gasteiger charge is -2.13. The second kappa shape index (κ2) is 10.8. The Kier molecular flexibility index (Phi) is 9.12. The average Bonchev–Trinajstić information content (AvgIpc) is 3.12. The maximum Gasteiger partial charge on any atom is 0.390 e. The van der Waals surface area contributed by atoms with E-state index < -0.39 is 12.6 Å². The summed E-state index contributed by atoms with van der Waals surface area (Å²) < 4.78 is 41.5. The van der Waals surface area contributed by atoms with Gasteiger partial charge in [0.2, 0.25) is 0 Å². The minimum Gasteiger partial charge on any atom is -0.459 e. The van der Waals surface area contributed by atoms with E-state index in [0.717, 1.165) is 5.56 Å². The number of aliphatic imine (C=N–C) groups is 1. The highest BCUT2D eigenvalue weighted by atomic mass is 127. The van der Waals surface area contributed by atoms with Crippen LogP contribution in [0.3, 0.4) is 0 Å². The zero-order valence-corrected chi connectivity index (χ0v) is 16.8. The summed E-state index contributed by atoms with van der Waals surface area (Å²) in [6.07, 6.45) is -3.75. The van der Waals surface area contributed by atoms with Gasteiger partial charge < -0.3 is 20.4 Å². The molecule has 1 amide bonds. The molecule has 0 radical (unpaired) electrons. The molecular weight excluding hydrogens is 476 g/mol. The molecule has 148 valence electrons. The van der Waals surface area contributed by atoms with E-state index in [2.05, 4.69) is 20.9 Å². The lowest BCUT2D eigenvalue weighted by atomic mass is 10.2. The first-order chi connectivity index (χ1) is 12.4. The maximum atomic E-state index is 12.2. The highest BCUT2D eigenvalue weighted by molar-refractivity contribution is 14.0. The van der Waals surface area contributed by atoms with Crippen LogP contribution < -0.4 is 16.0 Å². The summed E-state index contributed by atoms with van der Waals surface area (Å²) in [6.45, 7) is 0.0680. The minimum absolute atomic E-state index is 0. The molecule has 2 rings (SSSR count). The molecule has 10 heteroatoms. The van der Waals surface area contributed by atoms with E-state index in [0.29, 0.717) is 12.2 Å². The molecular formula is C17H20F3IN4O2. The number of carbonyl (C=O) groups excluding carboxylic acids is 1. The van der Waals surface area contributed by atoms with E-state index in [1.54, 1.807) is 30.3 Å². The van der Waals surface area contributed by atoms with E-state index in [4.69, 9.17) is 4.42 Å². The molecule has 0 aliphatic heterocycles. The fourth-order valence-electron chi connectivity index (χ4n) is 2.09. The first-order valence-corrected chi connectivity index (χ1v) is 7.82. The summed E-state index contributed by atoms with van der Waals surface area (Å²) in [6, 6.07) is 10.2. The Morgan fingerprint density at radius 3 is 2.59 bits per heavy atom. The monoisotopic (exact) mass is 496 g/mol. The highest BCUT2D eigenvalue weighted by Crippen LogP contribution is 2.18. The largest absolute Gasteiger partial charge is 0.459 e. The van der Waals surface area contributed by atoms with Crippen LogP contribution in [-0.4, -0.2) is 31.6 Å². The van der Waals surface area contributed by atoms with Gasteiger partial charge in [-0.25, -0.2) is 0 Å². The summed E-state index contributed by atoms with van der Waals surface area (Å²) in [5.41, 5.74) is 1.40. The standard InChI is InChI=1S/C17H19F3N4O2.HI/c1-21-16(22-8-7-17(18,19)20)23-11-12-4-2-5-13(10-12)24-15(25)14-6-3-9-26-14;/h2-6,9-10H,7-8,11H2,1H3,(H,24,25)(H2,21,22,23);1H. The normalized spacial score (nSPS) is 11.5. The smallest absolute Gasteiger partial charge is 0.390 e. The van der Waals surface area contributed by atoms with E-state index in [1.807, 2.05) is 6.07 Å². The van der Waals surface area contributed by atoms with Crippen molar-refractivity contribution in [2.75, 3.05) is 18.9 Å². The number of guanidine groups is 1. The minimum atomic E-state index is -4.22. The molecule has 27 heavy (non-hydrogen) atoms. The third-order valence-corrected chi connectivity index (χ3v) is 3.31. The number of benzene rings is 1. The number of nitrogens with zero attached hydrogens (tertiary/aromatic N) is 1. The second-order valence-electron chi connectivity index (χ2n) is 5.35. The Labute approximate surface area is 171 Å². The number of amides is 1. The van der Waals surface area contributed by atoms with Gasteiger partial charge in [0.25, 0.3) is 5.91 Å².